The van der Waals surface area contributed by atoms with Gasteiger partial charge in [0.25, 0.3) is 0 Å². The van der Waals surface area contributed by atoms with Gasteiger partial charge in [0, 0.05) is 31.0 Å². The molecule has 0 aliphatic carbocycles. The van der Waals surface area contributed by atoms with Gasteiger partial charge in [-0.1, -0.05) is 20.8 Å². The Labute approximate surface area is 145 Å². The van der Waals surface area contributed by atoms with Crippen LogP contribution in [0.2, 0.25) is 0 Å². The van der Waals surface area contributed by atoms with Gasteiger partial charge in [-0.2, -0.15) is 0 Å². The Bertz CT molecular complexity index is 640. The van der Waals surface area contributed by atoms with Gasteiger partial charge in [-0.3, -0.25) is 9.69 Å². The van der Waals surface area contributed by atoms with Crippen LogP contribution < -0.4 is 9.47 Å². The van der Waals surface area contributed by atoms with Gasteiger partial charge in [-0.15, -0.1) is 0 Å². The number of fused-ring (bicyclic) bond motifs is 3. The zero-order valence-corrected chi connectivity index (χ0v) is 15.5. The van der Waals surface area contributed by atoms with Crippen LogP contribution >= 0.6 is 0 Å². The minimum Gasteiger partial charge on any atom is -0.493 e. The molecule has 4 heteroatoms. The smallest absolute Gasteiger partial charge is 0.161 e. The zero-order chi connectivity index (χ0) is 17.5. The molecule has 3 rings (SSSR count). The van der Waals surface area contributed by atoms with Gasteiger partial charge in [0.15, 0.2) is 11.5 Å². The Morgan fingerprint density at radius 3 is 2.54 bits per heavy atom. The van der Waals surface area contributed by atoms with E-state index >= 15 is 0 Å². The monoisotopic (exact) mass is 331 g/mol. The van der Waals surface area contributed by atoms with E-state index in [4.69, 9.17) is 9.47 Å². The van der Waals surface area contributed by atoms with Crippen molar-refractivity contribution in [2.45, 2.75) is 46.1 Å². The maximum absolute atomic E-state index is 12.9. The molecule has 132 valence electrons. The van der Waals surface area contributed by atoms with E-state index in [0.717, 1.165) is 37.4 Å². The van der Waals surface area contributed by atoms with Gasteiger partial charge < -0.3 is 9.47 Å². The first kappa shape index (κ1) is 17.3. The maximum atomic E-state index is 12.9. The van der Waals surface area contributed by atoms with E-state index in [1.807, 2.05) is 0 Å². The molecule has 2 aliphatic rings. The highest BCUT2D eigenvalue weighted by molar-refractivity contribution is 5.86. The van der Waals surface area contributed by atoms with Gasteiger partial charge in [-0.05, 0) is 42.0 Å². The number of hydrogen-bond acceptors (Lipinski definition) is 4. The van der Waals surface area contributed by atoms with Crippen molar-refractivity contribution in [3.05, 3.63) is 23.3 Å². The highest BCUT2D eigenvalue weighted by atomic mass is 16.5. The molecule has 24 heavy (non-hydrogen) atoms. The lowest BCUT2D eigenvalue weighted by Crippen LogP contribution is -2.51. The van der Waals surface area contributed by atoms with E-state index in [9.17, 15) is 4.79 Å². The Morgan fingerprint density at radius 2 is 1.92 bits per heavy atom. The molecule has 2 aliphatic heterocycles. The summed E-state index contributed by atoms with van der Waals surface area (Å²) in [5.74, 6) is 2.47. The summed E-state index contributed by atoms with van der Waals surface area (Å²) in [5, 5.41) is 0. The average Bonchev–Trinajstić information content (AvgIpc) is 2.54. The SMILES string of the molecule is COc1cc2c(cc1OC)[C@@H]1CC(=O)[C@@](C)(CC(C)C)CN1CC2. The largest absolute Gasteiger partial charge is 0.493 e. The molecule has 1 aromatic rings. The molecule has 0 unspecified atom stereocenters. The number of carbonyl (C=O) groups is 1. The van der Waals surface area contributed by atoms with Gasteiger partial charge >= 0.3 is 0 Å². The predicted octanol–water partition coefficient (Wildman–Crippen LogP) is 3.63. The Morgan fingerprint density at radius 1 is 1.25 bits per heavy atom. The van der Waals surface area contributed by atoms with Crippen molar-refractivity contribution in [2.24, 2.45) is 11.3 Å². The van der Waals surface area contributed by atoms with E-state index in [2.05, 4.69) is 37.8 Å². The summed E-state index contributed by atoms with van der Waals surface area (Å²) < 4.78 is 10.9. The summed E-state index contributed by atoms with van der Waals surface area (Å²) in [6, 6.07) is 4.34. The fourth-order valence-electron chi connectivity index (χ4n) is 4.55. The number of benzene rings is 1. The van der Waals surface area contributed by atoms with E-state index in [-0.39, 0.29) is 11.5 Å². The number of piperidine rings is 1. The molecule has 0 bridgehead atoms. The summed E-state index contributed by atoms with van der Waals surface area (Å²) in [6.45, 7) is 8.42. The van der Waals surface area contributed by atoms with E-state index < -0.39 is 0 Å². The van der Waals surface area contributed by atoms with Crippen molar-refractivity contribution >= 4 is 5.78 Å². The van der Waals surface area contributed by atoms with Crippen molar-refractivity contribution in [3.63, 3.8) is 0 Å². The summed E-state index contributed by atoms with van der Waals surface area (Å²) >= 11 is 0. The lowest BCUT2D eigenvalue weighted by molar-refractivity contribution is -0.137. The third-order valence-electron chi connectivity index (χ3n) is 5.58. The molecule has 0 aromatic heterocycles. The van der Waals surface area contributed by atoms with Crippen LogP contribution in [0, 0.1) is 11.3 Å². The van der Waals surface area contributed by atoms with Crippen molar-refractivity contribution in [3.8, 4) is 11.5 Å². The van der Waals surface area contributed by atoms with E-state index in [1.165, 1.54) is 11.1 Å². The number of rotatable bonds is 4. The highest BCUT2D eigenvalue weighted by Crippen LogP contribution is 2.45. The minimum absolute atomic E-state index is 0.182. The van der Waals surface area contributed by atoms with Crippen LogP contribution in [-0.2, 0) is 11.2 Å². The molecule has 1 aromatic carbocycles. The third-order valence-corrected chi connectivity index (χ3v) is 5.58. The van der Waals surface area contributed by atoms with Crippen molar-refractivity contribution < 1.29 is 14.3 Å². The van der Waals surface area contributed by atoms with Crippen molar-refractivity contribution in [2.75, 3.05) is 27.3 Å². The first-order valence-electron chi connectivity index (χ1n) is 8.90. The molecule has 2 heterocycles. The van der Waals surface area contributed by atoms with Crippen LogP contribution in [0.15, 0.2) is 12.1 Å². The minimum atomic E-state index is -0.210. The molecular formula is C20H29NO3. The molecule has 1 fully saturated rings. The standard InChI is InChI=1S/C20H29NO3/c1-13(2)11-20(3)12-21-7-6-14-8-17(23-4)18(24-5)9-15(14)16(21)10-19(20)22/h8-9,13,16H,6-7,10-12H2,1-5H3/t16-,20-/m0/s1. The van der Waals surface area contributed by atoms with Gasteiger partial charge in [0.05, 0.1) is 14.2 Å². The number of Topliss-reactive ketones (excluding diaryl/α,β-unsaturated/α-hetero) is 1. The lowest BCUT2D eigenvalue weighted by Gasteiger charge is -2.47. The predicted molar refractivity (Wildman–Crippen MR) is 94.8 cm³/mol. The molecule has 0 saturated carbocycles. The maximum Gasteiger partial charge on any atom is 0.161 e. The number of nitrogens with zero attached hydrogens (tertiary/aromatic N) is 1. The Kier molecular flexibility index (Phi) is 4.60. The van der Waals surface area contributed by atoms with Crippen molar-refractivity contribution in [1.29, 1.82) is 0 Å². The molecule has 0 N–H and O–H groups in total. The van der Waals surface area contributed by atoms with Crippen LogP contribution in [0.4, 0.5) is 0 Å². The molecule has 2 atom stereocenters. The first-order chi connectivity index (χ1) is 11.4. The molecule has 4 nitrogen and oxygen atoms in total. The highest BCUT2D eigenvalue weighted by Gasteiger charge is 2.45. The Hall–Kier alpha value is -1.55. The zero-order valence-electron chi connectivity index (χ0n) is 15.5. The number of ketones is 1. The van der Waals surface area contributed by atoms with Gasteiger partial charge in [0.2, 0.25) is 0 Å². The second-order valence-corrected chi connectivity index (χ2v) is 7.93. The third kappa shape index (κ3) is 2.92. The van der Waals surface area contributed by atoms with Crippen molar-refractivity contribution in [1.82, 2.24) is 4.90 Å². The topological polar surface area (TPSA) is 38.8 Å². The van der Waals surface area contributed by atoms with E-state index in [0.29, 0.717) is 18.1 Å². The second kappa shape index (κ2) is 6.40. The summed E-state index contributed by atoms with van der Waals surface area (Å²) in [4.78, 5) is 15.4. The molecule has 0 spiro atoms. The number of carbonyl (C=O) groups excluding carboxylic acids is 1. The number of ether oxygens (including phenoxy) is 2. The van der Waals surface area contributed by atoms with Crippen LogP contribution in [0.25, 0.3) is 0 Å². The number of hydrogen-bond donors (Lipinski definition) is 0. The summed E-state index contributed by atoms with van der Waals surface area (Å²) in [7, 11) is 3.33. The molecule has 1 saturated heterocycles. The molecule has 0 amide bonds. The average molecular weight is 331 g/mol. The number of methoxy groups -OCH3 is 2. The van der Waals surface area contributed by atoms with Crippen LogP contribution in [-0.4, -0.2) is 38.0 Å². The fourth-order valence-corrected chi connectivity index (χ4v) is 4.55. The van der Waals surface area contributed by atoms with Crippen LogP contribution in [0.1, 0.15) is 50.8 Å². The molecular weight excluding hydrogens is 302 g/mol. The van der Waals surface area contributed by atoms with E-state index in [1.54, 1.807) is 14.2 Å². The first-order valence-corrected chi connectivity index (χ1v) is 8.90. The van der Waals surface area contributed by atoms with Crippen LogP contribution in [0.5, 0.6) is 11.5 Å². The quantitative estimate of drug-likeness (QED) is 0.844. The van der Waals surface area contributed by atoms with Gasteiger partial charge in [0.1, 0.15) is 5.78 Å². The fraction of sp³-hybridized carbons (Fsp3) is 0.650. The van der Waals surface area contributed by atoms with Crippen LogP contribution in [0.3, 0.4) is 0 Å². The summed E-state index contributed by atoms with van der Waals surface area (Å²) in [5.41, 5.74) is 2.31. The normalized spacial score (nSPS) is 26.9. The Balaban J connectivity index is 1.93. The summed E-state index contributed by atoms with van der Waals surface area (Å²) in [6.07, 6.45) is 2.57. The lowest BCUT2D eigenvalue weighted by atomic mass is 9.71. The van der Waals surface area contributed by atoms with Gasteiger partial charge in [-0.25, -0.2) is 0 Å². The second-order valence-electron chi connectivity index (χ2n) is 7.93. The molecule has 0 radical (unpaired) electrons.